The molecule has 0 aromatic heterocycles. The lowest BCUT2D eigenvalue weighted by atomic mass is 9.96. The summed E-state index contributed by atoms with van der Waals surface area (Å²) < 4.78 is 17.3. The number of hydrogen-bond acceptors (Lipinski definition) is 3. The highest BCUT2D eigenvalue weighted by Crippen LogP contribution is 2.11. The van der Waals surface area contributed by atoms with Crippen LogP contribution in [-0.4, -0.2) is 24.9 Å². The van der Waals surface area contributed by atoms with E-state index in [4.69, 9.17) is 10.5 Å². The molecule has 4 nitrogen and oxygen atoms in total. The molecule has 0 radical (unpaired) electrons. The molecule has 0 aliphatic carbocycles. The first-order valence-corrected chi connectivity index (χ1v) is 6.34. The molecule has 0 spiro atoms. The van der Waals surface area contributed by atoms with Gasteiger partial charge in [0.05, 0.1) is 12.2 Å². The fourth-order valence-electron chi connectivity index (χ4n) is 1.68. The quantitative estimate of drug-likeness (QED) is 0.798. The Morgan fingerprint density at radius 3 is 2.68 bits per heavy atom. The summed E-state index contributed by atoms with van der Waals surface area (Å²) in [6, 6.07) is 9.40. The number of halogens is 1. The number of alkyl carbamates (subject to hydrolysis) is 1. The molecule has 106 valence electrons. The molecule has 19 heavy (non-hydrogen) atoms. The van der Waals surface area contributed by atoms with Crippen LogP contribution in [0.4, 0.5) is 9.18 Å². The van der Waals surface area contributed by atoms with Crippen molar-refractivity contribution in [3.63, 3.8) is 0 Å². The average Bonchev–Trinajstić information content (AvgIpc) is 2.44. The van der Waals surface area contributed by atoms with Crippen molar-refractivity contribution >= 4 is 6.09 Å². The molecule has 0 aliphatic rings. The van der Waals surface area contributed by atoms with Gasteiger partial charge in [0.15, 0.2) is 0 Å². The van der Waals surface area contributed by atoms with Gasteiger partial charge in [-0.05, 0) is 25.3 Å². The second-order valence-electron chi connectivity index (χ2n) is 4.74. The van der Waals surface area contributed by atoms with Crippen LogP contribution in [-0.2, 0) is 11.3 Å². The topological polar surface area (TPSA) is 64.3 Å². The molecule has 1 aromatic rings. The zero-order valence-corrected chi connectivity index (χ0v) is 11.2. The van der Waals surface area contributed by atoms with Crippen molar-refractivity contribution in [1.82, 2.24) is 5.32 Å². The van der Waals surface area contributed by atoms with E-state index in [1.165, 1.54) is 0 Å². The number of carbonyl (C=O) groups excluding carboxylic acids is 1. The number of alkyl halides is 1. The molecule has 0 heterocycles. The Morgan fingerprint density at radius 2 is 2.11 bits per heavy atom. The van der Waals surface area contributed by atoms with E-state index in [0.717, 1.165) is 5.56 Å². The molecular weight excluding hydrogens is 247 g/mol. The van der Waals surface area contributed by atoms with E-state index >= 15 is 0 Å². The Labute approximate surface area is 113 Å². The lowest BCUT2D eigenvalue weighted by Gasteiger charge is -2.28. The Morgan fingerprint density at radius 1 is 1.42 bits per heavy atom. The van der Waals surface area contributed by atoms with Gasteiger partial charge in [0, 0.05) is 6.54 Å². The summed E-state index contributed by atoms with van der Waals surface area (Å²) in [5.41, 5.74) is 5.90. The smallest absolute Gasteiger partial charge is 0.407 e. The number of hydrogen-bond donors (Lipinski definition) is 2. The zero-order chi connectivity index (χ0) is 14.1. The molecule has 0 aliphatic heterocycles. The first-order valence-electron chi connectivity index (χ1n) is 6.34. The van der Waals surface area contributed by atoms with Crippen LogP contribution in [0.5, 0.6) is 0 Å². The van der Waals surface area contributed by atoms with Crippen molar-refractivity contribution in [2.24, 2.45) is 5.73 Å². The van der Waals surface area contributed by atoms with Crippen molar-refractivity contribution in [2.45, 2.75) is 31.9 Å². The van der Waals surface area contributed by atoms with Gasteiger partial charge >= 0.3 is 6.09 Å². The summed E-state index contributed by atoms with van der Waals surface area (Å²) in [6.45, 7) is 1.81. The number of ether oxygens (including phenoxy) is 1. The fourth-order valence-corrected chi connectivity index (χ4v) is 1.68. The van der Waals surface area contributed by atoms with Gasteiger partial charge in [-0.15, -0.1) is 0 Å². The first-order chi connectivity index (χ1) is 9.09. The van der Waals surface area contributed by atoms with Crippen molar-refractivity contribution in [2.75, 3.05) is 13.2 Å². The minimum absolute atomic E-state index is 0.205. The normalized spacial score (nSPS) is 13.6. The number of nitrogens with one attached hydrogen (secondary N) is 1. The third kappa shape index (κ3) is 5.70. The molecule has 1 amide bonds. The van der Waals surface area contributed by atoms with Crippen molar-refractivity contribution < 1.29 is 13.9 Å². The number of carbonyl (C=O) groups is 1. The van der Waals surface area contributed by atoms with Crippen molar-refractivity contribution in [1.29, 1.82) is 0 Å². The lowest BCUT2D eigenvalue weighted by molar-refractivity contribution is 0.126. The summed E-state index contributed by atoms with van der Waals surface area (Å²) in [5.74, 6) is 0. The van der Waals surface area contributed by atoms with Crippen LogP contribution in [0.1, 0.15) is 25.3 Å². The second-order valence-corrected chi connectivity index (χ2v) is 4.74. The number of nitrogens with two attached hydrogens (primary N) is 1. The van der Waals surface area contributed by atoms with Crippen LogP contribution in [0.25, 0.3) is 0 Å². The number of benzene rings is 1. The highest BCUT2D eigenvalue weighted by atomic mass is 19.1. The van der Waals surface area contributed by atoms with E-state index in [1.807, 2.05) is 30.3 Å². The van der Waals surface area contributed by atoms with Gasteiger partial charge < -0.3 is 15.8 Å². The molecule has 0 saturated carbocycles. The van der Waals surface area contributed by atoms with Crippen LogP contribution in [0.2, 0.25) is 0 Å². The first kappa shape index (κ1) is 15.4. The molecule has 1 aromatic carbocycles. The largest absolute Gasteiger partial charge is 0.445 e. The summed E-state index contributed by atoms with van der Waals surface area (Å²) in [7, 11) is 0. The molecule has 3 N–H and O–H groups in total. The van der Waals surface area contributed by atoms with Gasteiger partial charge in [-0.3, -0.25) is 4.39 Å². The van der Waals surface area contributed by atoms with E-state index in [2.05, 4.69) is 5.32 Å². The van der Waals surface area contributed by atoms with Crippen LogP contribution < -0.4 is 11.1 Å². The SMILES string of the molecule is CC(CN)(CCCF)NC(=O)OCc1ccccc1. The van der Waals surface area contributed by atoms with E-state index < -0.39 is 18.3 Å². The molecule has 0 fully saturated rings. The average molecular weight is 268 g/mol. The minimum Gasteiger partial charge on any atom is -0.445 e. The Hall–Kier alpha value is -1.62. The monoisotopic (exact) mass is 268 g/mol. The Bertz CT molecular complexity index is 386. The molecule has 5 heteroatoms. The molecule has 1 atom stereocenters. The van der Waals surface area contributed by atoms with Gasteiger partial charge in [0.25, 0.3) is 0 Å². The van der Waals surface area contributed by atoms with Gasteiger partial charge in [-0.2, -0.15) is 0 Å². The number of rotatable bonds is 7. The number of amides is 1. The van der Waals surface area contributed by atoms with Gasteiger partial charge in [0.1, 0.15) is 6.61 Å². The third-order valence-corrected chi connectivity index (χ3v) is 2.93. The predicted molar refractivity (Wildman–Crippen MR) is 72.4 cm³/mol. The van der Waals surface area contributed by atoms with Crippen LogP contribution >= 0.6 is 0 Å². The van der Waals surface area contributed by atoms with Gasteiger partial charge in [-0.25, -0.2) is 4.79 Å². The minimum atomic E-state index is -0.625. The molecule has 0 bridgehead atoms. The van der Waals surface area contributed by atoms with Crippen LogP contribution in [0.15, 0.2) is 30.3 Å². The summed E-state index contributed by atoms with van der Waals surface area (Å²) in [5, 5.41) is 2.70. The van der Waals surface area contributed by atoms with Crippen LogP contribution in [0, 0.1) is 0 Å². The molecular formula is C14H21FN2O2. The lowest BCUT2D eigenvalue weighted by Crippen LogP contribution is -2.51. The van der Waals surface area contributed by atoms with Crippen LogP contribution in [0.3, 0.4) is 0 Å². The molecule has 1 unspecified atom stereocenters. The van der Waals surface area contributed by atoms with Gasteiger partial charge in [-0.1, -0.05) is 30.3 Å². The van der Waals surface area contributed by atoms with E-state index in [1.54, 1.807) is 6.92 Å². The summed E-state index contributed by atoms with van der Waals surface area (Å²) in [4.78, 5) is 11.7. The fraction of sp³-hybridized carbons (Fsp3) is 0.500. The Kier molecular flexibility index (Phi) is 6.29. The maximum Gasteiger partial charge on any atom is 0.407 e. The van der Waals surface area contributed by atoms with E-state index in [-0.39, 0.29) is 13.2 Å². The van der Waals surface area contributed by atoms with Crippen molar-refractivity contribution in [3.8, 4) is 0 Å². The zero-order valence-electron chi connectivity index (χ0n) is 11.2. The standard InChI is InChI=1S/C14H21FN2O2/c1-14(11-16,8-5-9-15)17-13(18)19-10-12-6-3-2-4-7-12/h2-4,6-7H,5,8-11,16H2,1H3,(H,17,18). The van der Waals surface area contributed by atoms with E-state index in [0.29, 0.717) is 12.8 Å². The highest BCUT2D eigenvalue weighted by molar-refractivity contribution is 5.68. The molecule has 1 rings (SSSR count). The Balaban J connectivity index is 2.41. The molecule has 0 saturated heterocycles. The summed E-state index contributed by atoms with van der Waals surface area (Å²) >= 11 is 0. The van der Waals surface area contributed by atoms with Gasteiger partial charge in [0.2, 0.25) is 0 Å². The predicted octanol–water partition coefficient (Wildman–Crippen LogP) is 2.38. The highest BCUT2D eigenvalue weighted by Gasteiger charge is 2.24. The third-order valence-electron chi connectivity index (χ3n) is 2.93. The van der Waals surface area contributed by atoms with Crippen molar-refractivity contribution in [3.05, 3.63) is 35.9 Å². The maximum atomic E-state index is 12.2. The summed E-state index contributed by atoms with van der Waals surface area (Å²) in [6.07, 6.45) is 0.322. The van der Waals surface area contributed by atoms with E-state index in [9.17, 15) is 9.18 Å². The maximum absolute atomic E-state index is 12.2. The second kappa shape index (κ2) is 7.74.